The van der Waals surface area contributed by atoms with E-state index in [-0.39, 0.29) is 5.91 Å². The zero-order valence-electron chi connectivity index (χ0n) is 17.3. The van der Waals surface area contributed by atoms with Crippen LogP contribution >= 0.6 is 11.3 Å². The van der Waals surface area contributed by atoms with Gasteiger partial charge in [0.1, 0.15) is 0 Å². The first kappa shape index (κ1) is 20.6. The fourth-order valence-corrected chi connectivity index (χ4v) is 4.63. The lowest BCUT2D eigenvalue weighted by atomic mass is 10.0. The second kappa shape index (κ2) is 9.87. The molecule has 0 saturated carbocycles. The van der Waals surface area contributed by atoms with Gasteiger partial charge in [-0.1, -0.05) is 12.1 Å². The highest BCUT2D eigenvalue weighted by Crippen LogP contribution is 2.24. The highest BCUT2D eigenvalue weighted by molar-refractivity contribution is 7.10. The topological polar surface area (TPSA) is 57.3 Å². The average molecular weight is 421 g/mol. The number of piperidine rings is 1. The van der Waals surface area contributed by atoms with Crippen LogP contribution in [0.2, 0.25) is 0 Å². The number of benzene rings is 1. The van der Waals surface area contributed by atoms with Gasteiger partial charge in [0.05, 0.1) is 0 Å². The summed E-state index contributed by atoms with van der Waals surface area (Å²) < 4.78 is 0. The van der Waals surface area contributed by atoms with Crippen LogP contribution in [0.4, 0.5) is 5.69 Å². The second-order valence-corrected chi connectivity index (χ2v) is 8.74. The summed E-state index contributed by atoms with van der Waals surface area (Å²) in [5, 5.41) is 8.86. The Kier molecular flexibility index (Phi) is 6.77. The fourth-order valence-electron chi connectivity index (χ4n) is 3.89. The summed E-state index contributed by atoms with van der Waals surface area (Å²) in [4.78, 5) is 20.3. The number of carbonyl (C=O) groups is 1. The molecular formula is C24H28N4OS. The number of hydrogen-bond donors (Lipinski definition) is 2. The van der Waals surface area contributed by atoms with Gasteiger partial charge in [0, 0.05) is 60.2 Å². The number of amides is 1. The Balaban J connectivity index is 1.26. The van der Waals surface area contributed by atoms with E-state index in [1.165, 1.54) is 10.6 Å². The van der Waals surface area contributed by atoms with Crippen molar-refractivity contribution in [2.75, 3.05) is 18.0 Å². The van der Waals surface area contributed by atoms with Crippen LogP contribution in [0.3, 0.4) is 0 Å². The number of carbonyl (C=O) groups excluding carboxylic acids is 1. The van der Waals surface area contributed by atoms with E-state index in [2.05, 4.69) is 57.1 Å². The minimum absolute atomic E-state index is 0.0594. The van der Waals surface area contributed by atoms with Crippen LogP contribution in [0, 0.1) is 0 Å². The Morgan fingerprint density at radius 3 is 2.63 bits per heavy atom. The van der Waals surface area contributed by atoms with E-state index in [9.17, 15) is 4.79 Å². The van der Waals surface area contributed by atoms with Gasteiger partial charge in [-0.05, 0) is 67.1 Å². The van der Waals surface area contributed by atoms with E-state index < -0.39 is 0 Å². The molecule has 3 heterocycles. The molecule has 2 N–H and O–H groups in total. The molecule has 0 aliphatic carbocycles. The van der Waals surface area contributed by atoms with E-state index in [0.29, 0.717) is 24.2 Å². The zero-order valence-corrected chi connectivity index (χ0v) is 18.1. The minimum Gasteiger partial charge on any atom is -0.371 e. The van der Waals surface area contributed by atoms with Gasteiger partial charge >= 0.3 is 0 Å². The van der Waals surface area contributed by atoms with E-state index in [4.69, 9.17) is 0 Å². The molecule has 1 aromatic carbocycles. The van der Waals surface area contributed by atoms with Crippen molar-refractivity contribution in [3.05, 3.63) is 82.3 Å². The number of thiophene rings is 1. The molecule has 156 valence electrons. The number of rotatable bonds is 7. The maximum absolute atomic E-state index is 12.4. The quantitative estimate of drug-likeness (QED) is 0.595. The van der Waals surface area contributed by atoms with Gasteiger partial charge in [0.15, 0.2) is 0 Å². The molecule has 1 fully saturated rings. The van der Waals surface area contributed by atoms with Crippen molar-refractivity contribution in [3.63, 3.8) is 0 Å². The number of nitrogens with one attached hydrogen (secondary N) is 2. The molecular weight excluding hydrogens is 392 g/mol. The maximum Gasteiger partial charge on any atom is 0.251 e. The molecule has 1 aliphatic heterocycles. The lowest BCUT2D eigenvalue weighted by Gasteiger charge is -2.35. The molecule has 2 aromatic heterocycles. The SMILES string of the molecule is C[C@H](NC1CCN(c2ccc(C(=O)NCc3cccnc3)cc2)CC1)c1cccs1. The van der Waals surface area contributed by atoms with Gasteiger partial charge in [0.2, 0.25) is 0 Å². The van der Waals surface area contributed by atoms with Crippen molar-refractivity contribution in [1.29, 1.82) is 0 Å². The van der Waals surface area contributed by atoms with Gasteiger partial charge in [-0.3, -0.25) is 9.78 Å². The Morgan fingerprint density at radius 2 is 1.97 bits per heavy atom. The van der Waals surface area contributed by atoms with Gasteiger partial charge < -0.3 is 15.5 Å². The van der Waals surface area contributed by atoms with E-state index >= 15 is 0 Å². The number of pyridine rings is 1. The lowest BCUT2D eigenvalue weighted by molar-refractivity contribution is 0.0951. The Labute approximate surface area is 182 Å². The first-order valence-corrected chi connectivity index (χ1v) is 11.4. The van der Waals surface area contributed by atoms with Crippen LogP contribution in [0.25, 0.3) is 0 Å². The van der Waals surface area contributed by atoms with Gasteiger partial charge in [-0.15, -0.1) is 11.3 Å². The molecule has 0 radical (unpaired) electrons. The number of anilines is 1. The molecule has 5 nitrogen and oxygen atoms in total. The first-order valence-electron chi connectivity index (χ1n) is 10.5. The first-order chi connectivity index (χ1) is 14.7. The Hall–Kier alpha value is -2.70. The minimum atomic E-state index is -0.0594. The Morgan fingerprint density at radius 1 is 1.17 bits per heavy atom. The predicted molar refractivity (Wildman–Crippen MR) is 123 cm³/mol. The number of aromatic nitrogens is 1. The van der Waals surface area contributed by atoms with Crippen molar-refractivity contribution in [2.45, 2.75) is 38.4 Å². The molecule has 6 heteroatoms. The predicted octanol–water partition coefficient (Wildman–Crippen LogP) is 4.39. The van der Waals surface area contributed by atoms with Crippen molar-refractivity contribution in [3.8, 4) is 0 Å². The van der Waals surface area contributed by atoms with Crippen LogP contribution in [0.5, 0.6) is 0 Å². The molecule has 0 bridgehead atoms. The molecule has 1 amide bonds. The molecule has 30 heavy (non-hydrogen) atoms. The molecule has 1 atom stereocenters. The van der Waals surface area contributed by atoms with Crippen LogP contribution in [0.15, 0.2) is 66.3 Å². The summed E-state index contributed by atoms with van der Waals surface area (Å²) in [6, 6.07) is 17.0. The molecule has 4 rings (SSSR count). The monoisotopic (exact) mass is 420 g/mol. The average Bonchev–Trinajstić information content (AvgIpc) is 3.34. The van der Waals surface area contributed by atoms with Crippen LogP contribution in [-0.2, 0) is 6.54 Å². The van der Waals surface area contributed by atoms with Crippen LogP contribution < -0.4 is 15.5 Å². The molecule has 3 aromatic rings. The van der Waals surface area contributed by atoms with Gasteiger partial charge in [0.25, 0.3) is 5.91 Å². The summed E-state index contributed by atoms with van der Waals surface area (Å²) in [5.41, 5.74) is 2.86. The third kappa shape index (κ3) is 5.26. The van der Waals surface area contributed by atoms with Crippen molar-refractivity contribution in [1.82, 2.24) is 15.6 Å². The van der Waals surface area contributed by atoms with E-state index in [1.54, 1.807) is 12.4 Å². The van der Waals surface area contributed by atoms with E-state index in [0.717, 1.165) is 31.5 Å². The standard InChI is InChI=1S/C24H28N4OS/c1-18(23-5-3-15-30-23)27-21-10-13-28(14-11-21)22-8-6-20(7-9-22)24(29)26-17-19-4-2-12-25-16-19/h2-9,12,15-16,18,21,27H,10-11,13-14,17H2,1H3,(H,26,29)/t18-/m0/s1. The molecule has 1 saturated heterocycles. The number of hydrogen-bond acceptors (Lipinski definition) is 5. The summed E-state index contributed by atoms with van der Waals surface area (Å²) in [5.74, 6) is -0.0594. The third-order valence-electron chi connectivity index (χ3n) is 5.62. The van der Waals surface area contributed by atoms with Crippen molar-refractivity contribution in [2.24, 2.45) is 0 Å². The summed E-state index contributed by atoms with van der Waals surface area (Å²) >= 11 is 1.81. The highest BCUT2D eigenvalue weighted by atomic mass is 32.1. The summed E-state index contributed by atoms with van der Waals surface area (Å²) in [6.45, 7) is 4.79. The van der Waals surface area contributed by atoms with Crippen LogP contribution in [-0.4, -0.2) is 30.0 Å². The van der Waals surface area contributed by atoms with Crippen molar-refractivity contribution >= 4 is 22.9 Å². The normalized spacial score (nSPS) is 15.7. The van der Waals surface area contributed by atoms with Crippen LogP contribution in [0.1, 0.15) is 46.6 Å². The van der Waals surface area contributed by atoms with Gasteiger partial charge in [-0.2, -0.15) is 0 Å². The number of nitrogens with zero attached hydrogens (tertiary/aromatic N) is 2. The summed E-state index contributed by atoms with van der Waals surface area (Å²) in [7, 11) is 0. The molecule has 1 aliphatic rings. The summed E-state index contributed by atoms with van der Waals surface area (Å²) in [6.07, 6.45) is 5.75. The van der Waals surface area contributed by atoms with Crippen molar-refractivity contribution < 1.29 is 4.79 Å². The Bertz CT molecular complexity index is 920. The molecule has 0 spiro atoms. The maximum atomic E-state index is 12.4. The zero-order chi connectivity index (χ0) is 20.8. The smallest absolute Gasteiger partial charge is 0.251 e. The van der Waals surface area contributed by atoms with E-state index in [1.807, 2.05) is 35.6 Å². The largest absolute Gasteiger partial charge is 0.371 e. The second-order valence-electron chi connectivity index (χ2n) is 7.76. The highest BCUT2D eigenvalue weighted by Gasteiger charge is 2.21. The third-order valence-corrected chi connectivity index (χ3v) is 6.68. The molecule has 0 unspecified atom stereocenters. The fraction of sp³-hybridized carbons (Fsp3) is 0.333. The van der Waals surface area contributed by atoms with Gasteiger partial charge in [-0.25, -0.2) is 0 Å². The lowest BCUT2D eigenvalue weighted by Crippen LogP contribution is -2.43.